The molecule has 0 bridgehead atoms. The number of Topliss-reactive ketones (excluding diaryl/α,β-unsaturated/α-hetero) is 2. The average molecular weight is 480 g/mol. The van der Waals surface area contributed by atoms with E-state index in [-0.39, 0.29) is 18.2 Å². The molecule has 0 saturated carbocycles. The van der Waals surface area contributed by atoms with Gasteiger partial charge in [0.1, 0.15) is 17.2 Å². The number of ether oxygens (including phenoxy) is 2. The summed E-state index contributed by atoms with van der Waals surface area (Å²) in [6.45, 7) is 1.95. The molecular weight excluding hydrogens is 454 g/mol. The highest BCUT2D eigenvalue weighted by atomic mass is 16.5. The molecule has 1 fully saturated rings. The van der Waals surface area contributed by atoms with Gasteiger partial charge in [-0.2, -0.15) is 0 Å². The zero-order valence-electron chi connectivity index (χ0n) is 20.0. The average Bonchev–Trinajstić information content (AvgIpc) is 3.35. The third kappa shape index (κ3) is 2.81. The van der Waals surface area contributed by atoms with Crippen molar-refractivity contribution in [1.82, 2.24) is 0 Å². The van der Waals surface area contributed by atoms with Gasteiger partial charge in [0.05, 0.1) is 19.8 Å². The number of fused-ring (bicyclic) bond motifs is 5. The van der Waals surface area contributed by atoms with Gasteiger partial charge in [-0.1, -0.05) is 66.7 Å². The van der Waals surface area contributed by atoms with Crippen LogP contribution in [0.3, 0.4) is 0 Å². The molecular formula is C30H25NO5. The topological polar surface area (TPSA) is 72.9 Å². The Bertz CT molecular complexity index is 1390. The van der Waals surface area contributed by atoms with Gasteiger partial charge >= 0.3 is 5.97 Å². The number of rotatable bonds is 4. The van der Waals surface area contributed by atoms with Crippen LogP contribution in [0, 0.1) is 5.41 Å². The lowest BCUT2D eigenvalue weighted by molar-refractivity contribution is -0.145. The summed E-state index contributed by atoms with van der Waals surface area (Å²) < 4.78 is 10.9. The minimum atomic E-state index is -1.51. The van der Waals surface area contributed by atoms with Crippen molar-refractivity contribution in [2.45, 2.75) is 24.9 Å². The van der Waals surface area contributed by atoms with E-state index < -0.39 is 29.4 Å². The number of hydrogen-bond acceptors (Lipinski definition) is 6. The molecule has 3 aromatic carbocycles. The fourth-order valence-corrected chi connectivity index (χ4v) is 6.30. The van der Waals surface area contributed by atoms with Crippen LogP contribution < -0.4 is 9.64 Å². The standard InChI is InChI=1S/C30H25NO5/c1-3-36-29(34)26-25(19-12-15-20(35-2)16-13-19)30(27(32)21-9-5-6-10-22(21)28(30)33)24-17-14-18-8-4-7-11-23(18)31(24)26/h4-17,24-26H,3H2,1-2H3. The monoisotopic (exact) mass is 479 g/mol. The molecule has 3 atom stereocenters. The number of carbonyl (C=O) groups excluding carboxylic acids is 3. The number of anilines is 1. The second kappa shape index (κ2) is 8.19. The van der Waals surface area contributed by atoms with E-state index in [1.54, 1.807) is 50.4 Å². The van der Waals surface area contributed by atoms with Gasteiger partial charge in [0.2, 0.25) is 0 Å². The first-order valence-electron chi connectivity index (χ1n) is 12.1. The molecule has 1 spiro atoms. The zero-order valence-corrected chi connectivity index (χ0v) is 20.0. The van der Waals surface area contributed by atoms with Gasteiger partial charge in [0.25, 0.3) is 0 Å². The highest BCUT2D eigenvalue weighted by Gasteiger charge is 2.71. The summed E-state index contributed by atoms with van der Waals surface area (Å²) >= 11 is 0. The number of para-hydroxylation sites is 1. The summed E-state index contributed by atoms with van der Waals surface area (Å²) in [5, 5.41) is 0. The number of methoxy groups -OCH3 is 1. The first-order valence-corrected chi connectivity index (χ1v) is 12.1. The Morgan fingerprint density at radius 2 is 1.56 bits per heavy atom. The Morgan fingerprint density at radius 3 is 2.19 bits per heavy atom. The van der Waals surface area contributed by atoms with Crippen LogP contribution in [-0.2, 0) is 9.53 Å². The summed E-state index contributed by atoms with van der Waals surface area (Å²) in [6, 6.07) is 20.4. The van der Waals surface area contributed by atoms with E-state index in [9.17, 15) is 14.4 Å². The van der Waals surface area contributed by atoms with Crippen molar-refractivity contribution >= 4 is 29.3 Å². The Labute approximate surface area is 209 Å². The third-order valence-corrected chi connectivity index (χ3v) is 7.72. The van der Waals surface area contributed by atoms with Gasteiger partial charge in [0.15, 0.2) is 11.6 Å². The normalized spacial score (nSPS) is 22.8. The van der Waals surface area contributed by atoms with Crippen molar-refractivity contribution in [2.24, 2.45) is 5.41 Å². The van der Waals surface area contributed by atoms with E-state index >= 15 is 0 Å². The van der Waals surface area contributed by atoms with Crippen LogP contribution in [0.4, 0.5) is 5.69 Å². The maximum atomic E-state index is 14.4. The Hall–Kier alpha value is -4.19. The van der Waals surface area contributed by atoms with Gasteiger partial charge in [-0.05, 0) is 36.2 Å². The molecule has 36 heavy (non-hydrogen) atoms. The number of benzene rings is 3. The van der Waals surface area contributed by atoms with Crippen LogP contribution in [0.2, 0.25) is 0 Å². The minimum Gasteiger partial charge on any atom is -0.497 e. The molecule has 2 aliphatic heterocycles. The van der Waals surface area contributed by atoms with E-state index in [4.69, 9.17) is 9.47 Å². The van der Waals surface area contributed by atoms with Gasteiger partial charge in [-0.3, -0.25) is 9.59 Å². The number of nitrogens with zero attached hydrogens (tertiary/aromatic N) is 1. The van der Waals surface area contributed by atoms with Crippen molar-refractivity contribution in [3.63, 3.8) is 0 Å². The second-order valence-electron chi connectivity index (χ2n) is 9.29. The van der Waals surface area contributed by atoms with Crippen molar-refractivity contribution in [1.29, 1.82) is 0 Å². The maximum Gasteiger partial charge on any atom is 0.329 e. The van der Waals surface area contributed by atoms with E-state index in [1.165, 1.54) is 0 Å². The van der Waals surface area contributed by atoms with Crippen molar-refractivity contribution in [2.75, 3.05) is 18.6 Å². The van der Waals surface area contributed by atoms with Gasteiger partial charge in [-0.25, -0.2) is 4.79 Å². The van der Waals surface area contributed by atoms with Crippen molar-refractivity contribution in [3.8, 4) is 5.75 Å². The van der Waals surface area contributed by atoms with Crippen molar-refractivity contribution < 1.29 is 23.9 Å². The van der Waals surface area contributed by atoms with E-state index in [0.29, 0.717) is 22.4 Å². The highest BCUT2D eigenvalue weighted by Crippen LogP contribution is 2.60. The minimum absolute atomic E-state index is 0.190. The molecule has 1 saturated heterocycles. The maximum absolute atomic E-state index is 14.4. The Morgan fingerprint density at radius 1 is 0.917 bits per heavy atom. The van der Waals surface area contributed by atoms with Crippen LogP contribution in [0.5, 0.6) is 5.75 Å². The van der Waals surface area contributed by atoms with Crippen molar-refractivity contribution in [3.05, 3.63) is 101 Å². The van der Waals surface area contributed by atoms with Gasteiger partial charge in [-0.15, -0.1) is 0 Å². The molecule has 0 radical (unpaired) electrons. The van der Waals surface area contributed by atoms with E-state index in [1.807, 2.05) is 53.5 Å². The lowest BCUT2D eigenvalue weighted by atomic mass is 9.65. The second-order valence-corrected chi connectivity index (χ2v) is 9.29. The Kier molecular flexibility index (Phi) is 5.07. The molecule has 6 rings (SSSR count). The fourth-order valence-electron chi connectivity index (χ4n) is 6.30. The number of esters is 1. The van der Waals surface area contributed by atoms with Crippen LogP contribution >= 0.6 is 0 Å². The van der Waals surface area contributed by atoms with Crippen LogP contribution in [0.1, 0.15) is 44.7 Å². The molecule has 3 unspecified atom stereocenters. The molecule has 3 aromatic rings. The first kappa shape index (κ1) is 22.3. The Balaban J connectivity index is 1.66. The molecule has 3 aliphatic rings. The molecule has 6 heteroatoms. The largest absolute Gasteiger partial charge is 0.497 e. The lowest BCUT2D eigenvalue weighted by Crippen LogP contribution is -2.48. The molecule has 2 heterocycles. The van der Waals surface area contributed by atoms with Gasteiger partial charge in [0, 0.05) is 22.7 Å². The van der Waals surface area contributed by atoms with E-state index in [0.717, 1.165) is 11.3 Å². The molecule has 6 nitrogen and oxygen atoms in total. The summed E-state index contributed by atoms with van der Waals surface area (Å²) in [4.78, 5) is 44.4. The number of hydrogen-bond donors (Lipinski definition) is 0. The number of carbonyl (C=O) groups is 3. The molecule has 180 valence electrons. The lowest BCUT2D eigenvalue weighted by Gasteiger charge is -2.36. The predicted octanol–water partition coefficient (Wildman–Crippen LogP) is 4.69. The zero-order chi connectivity index (χ0) is 25.0. The summed E-state index contributed by atoms with van der Waals surface area (Å²) in [6.07, 6.45) is 3.85. The first-order chi connectivity index (χ1) is 17.5. The number of ketones is 2. The van der Waals surface area contributed by atoms with Gasteiger partial charge < -0.3 is 14.4 Å². The molecule has 1 aliphatic carbocycles. The summed E-state index contributed by atoms with van der Waals surface area (Å²) in [5.74, 6) is -1.09. The predicted molar refractivity (Wildman–Crippen MR) is 135 cm³/mol. The van der Waals surface area contributed by atoms with Crippen LogP contribution in [0.15, 0.2) is 78.9 Å². The third-order valence-electron chi connectivity index (χ3n) is 7.72. The molecule has 0 amide bonds. The van der Waals surface area contributed by atoms with Crippen LogP contribution in [0.25, 0.3) is 6.08 Å². The quantitative estimate of drug-likeness (QED) is 0.399. The fraction of sp³-hybridized carbons (Fsp3) is 0.233. The highest BCUT2D eigenvalue weighted by molar-refractivity contribution is 6.32. The summed E-state index contributed by atoms with van der Waals surface area (Å²) in [7, 11) is 1.58. The summed E-state index contributed by atoms with van der Waals surface area (Å²) in [5.41, 5.74) is 1.72. The SMILES string of the molecule is CCOC(=O)C1C(c2ccc(OC)cc2)C2(C(=O)c3ccccc3C2=O)C2C=Cc3ccccc3N12. The molecule has 0 N–H and O–H groups in total. The van der Waals surface area contributed by atoms with Crippen LogP contribution in [-0.4, -0.2) is 43.3 Å². The van der Waals surface area contributed by atoms with E-state index in [2.05, 4.69) is 0 Å². The molecule has 0 aromatic heterocycles. The smallest absolute Gasteiger partial charge is 0.329 e.